The highest BCUT2D eigenvalue weighted by molar-refractivity contribution is 9.10. The molecule has 0 atom stereocenters. The largest absolute Gasteiger partial charge is 0.294 e. The molecule has 1 N–H and O–H groups in total. The van der Waals surface area contributed by atoms with Crippen molar-refractivity contribution in [2.75, 3.05) is 5.43 Å². The van der Waals surface area contributed by atoms with Crippen LogP contribution in [0.2, 0.25) is 0 Å². The van der Waals surface area contributed by atoms with Crippen molar-refractivity contribution < 1.29 is 4.79 Å². The smallest absolute Gasteiger partial charge is 0.198 e. The number of carbonyl (C=O) groups is 1. The van der Waals surface area contributed by atoms with E-state index in [0.717, 1.165) is 10.2 Å². The van der Waals surface area contributed by atoms with Crippen LogP contribution in [-0.2, 0) is 6.42 Å². The number of Topliss-reactive ketones (excluding diaryl/α,β-unsaturated/α-hetero) is 1. The SMILES string of the molecule is O=C(Cc1nn2ccccc2nc1=NNc1ccc(Br)cc1)c1ccccc1. The van der Waals surface area contributed by atoms with Crippen LogP contribution in [0.3, 0.4) is 0 Å². The molecule has 0 aliphatic heterocycles. The summed E-state index contributed by atoms with van der Waals surface area (Å²) in [6, 6.07) is 22.4. The van der Waals surface area contributed by atoms with E-state index >= 15 is 0 Å². The number of aromatic nitrogens is 3. The number of halogens is 1. The Balaban J connectivity index is 1.72. The molecule has 0 bridgehead atoms. The number of rotatable bonds is 5. The maximum atomic E-state index is 12.7. The first-order valence-electron chi connectivity index (χ1n) is 8.67. The quantitative estimate of drug-likeness (QED) is 0.383. The number of hydrogen-bond acceptors (Lipinski definition) is 5. The Hall–Kier alpha value is -3.32. The molecule has 0 saturated carbocycles. The van der Waals surface area contributed by atoms with Gasteiger partial charge in [-0.05, 0) is 36.4 Å². The van der Waals surface area contributed by atoms with Gasteiger partial charge in [-0.15, -0.1) is 0 Å². The lowest BCUT2D eigenvalue weighted by atomic mass is 10.1. The van der Waals surface area contributed by atoms with Crippen LogP contribution in [0.25, 0.3) is 5.65 Å². The Morgan fingerprint density at radius 3 is 2.54 bits per heavy atom. The van der Waals surface area contributed by atoms with E-state index in [2.05, 4.69) is 36.5 Å². The number of hydrogen-bond donors (Lipinski definition) is 1. The average molecular weight is 434 g/mol. The molecular formula is C21H16BrN5O. The van der Waals surface area contributed by atoms with Gasteiger partial charge < -0.3 is 0 Å². The second-order valence-electron chi connectivity index (χ2n) is 6.08. The zero-order chi connectivity index (χ0) is 19.3. The van der Waals surface area contributed by atoms with Crippen molar-refractivity contribution in [2.24, 2.45) is 5.10 Å². The van der Waals surface area contributed by atoms with Crippen molar-refractivity contribution >= 4 is 33.0 Å². The van der Waals surface area contributed by atoms with Crippen LogP contribution >= 0.6 is 15.9 Å². The highest BCUT2D eigenvalue weighted by atomic mass is 79.9. The molecule has 6 nitrogen and oxygen atoms in total. The number of ketones is 1. The number of nitrogens with one attached hydrogen (secondary N) is 1. The maximum absolute atomic E-state index is 12.7. The molecule has 0 saturated heterocycles. The summed E-state index contributed by atoms with van der Waals surface area (Å²) in [5.74, 6) is -0.0362. The van der Waals surface area contributed by atoms with Crippen molar-refractivity contribution in [1.29, 1.82) is 0 Å². The summed E-state index contributed by atoms with van der Waals surface area (Å²) in [6.45, 7) is 0. The van der Waals surface area contributed by atoms with E-state index in [4.69, 9.17) is 0 Å². The Kier molecular flexibility index (Phi) is 5.25. The summed E-state index contributed by atoms with van der Waals surface area (Å²) in [4.78, 5) is 17.2. The lowest BCUT2D eigenvalue weighted by Crippen LogP contribution is -2.24. The fourth-order valence-corrected chi connectivity index (χ4v) is 2.93. The second kappa shape index (κ2) is 8.14. The first kappa shape index (κ1) is 18.1. The van der Waals surface area contributed by atoms with Crippen LogP contribution in [-0.4, -0.2) is 20.4 Å². The van der Waals surface area contributed by atoms with Gasteiger partial charge in [0.05, 0.1) is 12.1 Å². The van der Waals surface area contributed by atoms with E-state index in [-0.39, 0.29) is 12.2 Å². The van der Waals surface area contributed by atoms with Crippen LogP contribution in [0.15, 0.2) is 88.6 Å². The third-order valence-electron chi connectivity index (χ3n) is 4.08. The Morgan fingerprint density at radius 2 is 1.75 bits per heavy atom. The van der Waals surface area contributed by atoms with Gasteiger partial charge in [0.2, 0.25) is 0 Å². The van der Waals surface area contributed by atoms with Gasteiger partial charge in [-0.25, -0.2) is 9.50 Å². The predicted octanol–water partition coefficient (Wildman–Crippen LogP) is 3.85. The minimum absolute atomic E-state index is 0.0362. The van der Waals surface area contributed by atoms with Crippen LogP contribution < -0.4 is 10.9 Å². The third-order valence-corrected chi connectivity index (χ3v) is 4.61. The van der Waals surface area contributed by atoms with Crippen LogP contribution in [0.1, 0.15) is 16.1 Å². The van der Waals surface area contributed by atoms with Crippen molar-refractivity contribution in [3.8, 4) is 0 Å². The number of anilines is 1. The summed E-state index contributed by atoms with van der Waals surface area (Å²) < 4.78 is 2.63. The Bertz CT molecular complexity index is 1190. The van der Waals surface area contributed by atoms with E-state index in [0.29, 0.717) is 22.4 Å². The first-order chi connectivity index (χ1) is 13.7. The van der Waals surface area contributed by atoms with Gasteiger partial charge in [-0.2, -0.15) is 10.2 Å². The lowest BCUT2D eigenvalue weighted by molar-refractivity contribution is 0.0991. The molecule has 0 aliphatic rings. The number of pyridine rings is 1. The van der Waals surface area contributed by atoms with Gasteiger partial charge in [-0.1, -0.05) is 52.3 Å². The number of benzene rings is 2. The van der Waals surface area contributed by atoms with E-state index in [1.54, 1.807) is 22.8 Å². The summed E-state index contributed by atoms with van der Waals surface area (Å²) in [6.07, 6.45) is 1.90. The average Bonchev–Trinajstić information content (AvgIpc) is 2.74. The molecule has 0 spiro atoms. The molecule has 2 aromatic carbocycles. The normalized spacial score (nSPS) is 11.5. The van der Waals surface area contributed by atoms with Gasteiger partial charge in [0, 0.05) is 16.2 Å². The van der Waals surface area contributed by atoms with Crippen molar-refractivity contribution in [2.45, 2.75) is 6.42 Å². The lowest BCUT2D eigenvalue weighted by Gasteiger charge is -2.06. The monoisotopic (exact) mass is 433 g/mol. The summed E-state index contributed by atoms with van der Waals surface area (Å²) >= 11 is 3.41. The maximum Gasteiger partial charge on any atom is 0.198 e. The van der Waals surface area contributed by atoms with Gasteiger partial charge in [0.25, 0.3) is 0 Å². The predicted molar refractivity (Wildman–Crippen MR) is 111 cm³/mol. The van der Waals surface area contributed by atoms with E-state index in [1.807, 2.05) is 60.7 Å². The van der Waals surface area contributed by atoms with Crippen LogP contribution in [0.4, 0.5) is 5.69 Å². The topological polar surface area (TPSA) is 71.7 Å². The Morgan fingerprint density at radius 1 is 1.00 bits per heavy atom. The van der Waals surface area contributed by atoms with Crippen LogP contribution in [0.5, 0.6) is 0 Å². The standard InChI is InChI=1S/C21H16BrN5O/c22-16-9-11-17(12-10-16)24-25-21-18(14-19(28)15-6-2-1-3-7-15)26-27-13-5-4-8-20(27)23-21/h1-13,24H,14H2. The molecule has 4 aromatic rings. The molecule has 0 fully saturated rings. The summed E-state index contributed by atoms with van der Waals surface area (Å²) in [5, 5.41) is 8.96. The number of carbonyl (C=O) groups excluding carboxylic acids is 1. The Labute approximate surface area is 169 Å². The van der Waals surface area contributed by atoms with Crippen molar-refractivity contribution in [3.63, 3.8) is 0 Å². The molecule has 0 unspecified atom stereocenters. The molecule has 2 aromatic heterocycles. The molecule has 4 rings (SSSR count). The molecule has 138 valence electrons. The van der Waals surface area contributed by atoms with E-state index in [1.165, 1.54) is 0 Å². The molecule has 0 aliphatic carbocycles. The number of nitrogens with zero attached hydrogens (tertiary/aromatic N) is 4. The molecular weight excluding hydrogens is 418 g/mol. The minimum Gasteiger partial charge on any atom is -0.294 e. The molecule has 2 heterocycles. The summed E-state index contributed by atoms with van der Waals surface area (Å²) in [7, 11) is 0. The van der Waals surface area contributed by atoms with Crippen LogP contribution in [0, 0.1) is 0 Å². The fourth-order valence-electron chi connectivity index (χ4n) is 2.67. The zero-order valence-electron chi connectivity index (χ0n) is 14.8. The third kappa shape index (κ3) is 4.15. The fraction of sp³-hybridized carbons (Fsp3) is 0.0476. The first-order valence-corrected chi connectivity index (χ1v) is 9.46. The van der Waals surface area contributed by atoms with E-state index in [9.17, 15) is 4.79 Å². The highest BCUT2D eigenvalue weighted by Gasteiger charge is 2.12. The highest BCUT2D eigenvalue weighted by Crippen LogP contribution is 2.13. The molecule has 0 amide bonds. The van der Waals surface area contributed by atoms with Gasteiger partial charge in [-0.3, -0.25) is 10.2 Å². The van der Waals surface area contributed by atoms with Gasteiger partial charge in [0.15, 0.2) is 16.9 Å². The second-order valence-corrected chi connectivity index (χ2v) is 7.00. The number of fused-ring (bicyclic) bond motifs is 1. The molecule has 28 heavy (non-hydrogen) atoms. The van der Waals surface area contributed by atoms with Gasteiger partial charge >= 0.3 is 0 Å². The molecule has 0 radical (unpaired) electrons. The van der Waals surface area contributed by atoms with Gasteiger partial charge in [0.1, 0.15) is 5.69 Å². The van der Waals surface area contributed by atoms with Crippen molar-refractivity contribution in [3.05, 3.63) is 100 Å². The van der Waals surface area contributed by atoms with E-state index < -0.39 is 0 Å². The summed E-state index contributed by atoms with van der Waals surface area (Å²) in [5.41, 5.74) is 5.97. The zero-order valence-corrected chi connectivity index (χ0v) is 16.4. The minimum atomic E-state index is -0.0362. The molecule has 7 heteroatoms. The van der Waals surface area contributed by atoms with Crippen molar-refractivity contribution in [1.82, 2.24) is 14.6 Å².